The number of nitrogens with one attached hydrogen (secondary N) is 1. The van der Waals surface area contributed by atoms with E-state index in [1.54, 1.807) is 19.2 Å². The monoisotopic (exact) mass is 208 g/mol. The van der Waals surface area contributed by atoms with Gasteiger partial charge >= 0.3 is 0 Å². The average molecular weight is 208 g/mol. The van der Waals surface area contributed by atoms with Gasteiger partial charge in [-0.05, 0) is 18.6 Å². The largest absolute Gasteiger partial charge is 0.385 e. The Morgan fingerprint density at radius 1 is 1.73 bits per heavy atom. The summed E-state index contributed by atoms with van der Waals surface area (Å²) in [6, 6.07) is 6.01. The van der Waals surface area contributed by atoms with Gasteiger partial charge in [0.15, 0.2) is 0 Å². The van der Waals surface area contributed by atoms with Crippen LogP contribution in [0.15, 0.2) is 12.1 Å². The van der Waals surface area contributed by atoms with Gasteiger partial charge in [-0.1, -0.05) is 0 Å². The molecule has 0 aliphatic carbocycles. The number of carbonyl (C=O) groups is 1. The van der Waals surface area contributed by atoms with Crippen LogP contribution in [0.25, 0.3) is 0 Å². The zero-order chi connectivity index (χ0) is 11.1. The van der Waals surface area contributed by atoms with Crippen molar-refractivity contribution < 1.29 is 9.53 Å². The lowest BCUT2D eigenvalue weighted by Crippen LogP contribution is -2.14. The van der Waals surface area contributed by atoms with Crippen molar-refractivity contribution in [2.24, 2.45) is 5.73 Å². The van der Waals surface area contributed by atoms with Crippen molar-refractivity contribution in [1.82, 2.24) is 4.98 Å². The Morgan fingerprint density at radius 3 is 3.20 bits per heavy atom. The van der Waals surface area contributed by atoms with E-state index in [0.29, 0.717) is 12.4 Å². The van der Waals surface area contributed by atoms with Gasteiger partial charge in [0, 0.05) is 26.3 Å². The molecule has 81 valence electrons. The van der Waals surface area contributed by atoms with Crippen molar-refractivity contribution in [3.05, 3.63) is 23.9 Å². The maximum absolute atomic E-state index is 10.8. The summed E-state index contributed by atoms with van der Waals surface area (Å²) in [6.45, 7) is 1.43. The van der Waals surface area contributed by atoms with Gasteiger partial charge in [-0.2, -0.15) is 0 Å². The minimum atomic E-state index is -0.574. The number of amides is 1. The molecule has 0 aliphatic rings. The fourth-order valence-electron chi connectivity index (χ4n) is 1.05. The number of primary amides is 1. The summed E-state index contributed by atoms with van der Waals surface area (Å²) in [5.74, 6) is 0.0502. The van der Waals surface area contributed by atoms with Crippen molar-refractivity contribution >= 4 is 11.7 Å². The predicted molar refractivity (Wildman–Crippen MR) is 56.6 cm³/mol. The molecule has 0 atom stereocenters. The first kappa shape index (κ1) is 11.5. The number of hydrogen-bond donors (Lipinski definition) is 2. The molecule has 1 radical (unpaired) electrons. The molecule has 3 N–H and O–H groups in total. The number of ether oxygens (including phenoxy) is 1. The quantitative estimate of drug-likeness (QED) is 0.664. The SMILES string of the molecule is COCCCNc1cc[c]c(C(N)=O)n1. The number of anilines is 1. The van der Waals surface area contributed by atoms with E-state index in [-0.39, 0.29) is 5.69 Å². The van der Waals surface area contributed by atoms with Gasteiger partial charge in [0.1, 0.15) is 11.5 Å². The molecule has 5 nitrogen and oxygen atoms in total. The number of aromatic nitrogens is 1. The number of carbonyl (C=O) groups excluding carboxylic acids is 1. The lowest BCUT2D eigenvalue weighted by molar-refractivity contribution is 0.0995. The second-order valence-corrected chi connectivity index (χ2v) is 2.96. The number of nitrogens with zero attached hydrogens (tertiary/aromatic N) is 1. The zero-order valence-corrected chi connectivity index (χ0v) is 8.62. The second-order valence-electron chi connectivity index (χ2n) is 2.96. The lowest BCUT2D eigenvalue weighted by atomic mass is 10.3. The van der Waals surface area contributed by atoms with Crippen molar-refractivity contribution in [1.29, 1.82) is 0 Å². The zero-order valence-electron chi connectivity index (χ0n) is 8.62. The van der Waals surface area contributed by atoms with Gasteiger partial charge in [0.2, 0.25) is 0 Å². The van der Waals surface area contributed by atoms with E-state index in [1.165, 1.54) is 0 Å². The third-order valence-corrected chi connectivity index (χ3v) is 1.76. The van der Waals surface area contributed by atoms with Crippen LogP contribution in [0.4, 0.5) is 5.82 Å². The highest BCUT2D eigenvalue weighted by Gasteiger charge is 2.02. The highest BCUT2D eigenvalue weighted by Crippen LogP contribution is 2.03. The van der Waals surface area contributed by atoms with Crippen molar-refractivity contribution in [2.45, 2.75) is 6.42 Å². The molecule has 1 rings (SSSR count). The van der Waals surface area contributed by atoms with E-state index >= 15 is 0 Å². The normalized spacial score (nSPS) is 9.93. The van der Waals surface area contributed by atoms with Crippen molar-refractivity contribution in [2.75, 3.05) is 25.6 Å². The Labute approximate surface area is 88.6 Å². The molecule has 0 fully saturated rings. The second kappa shape index (κ2) is 5.98. The minimum Gasteiger partial charge on any atom is -0.385 e. The van der Waals surface area contributed by atoms with Gasteiger partial charge in [0.05, 0.1) is 0 Å². The molecule has 1 amide bonds. The molecule has 0 unspecified atom stereocenters. The molecule has 15 heavy (non-hydrogen) atoms. The van der Waals surface area contributed by atoms with Crippen LogP contribution in [0, 0.1) is 6.07 Å². The minimum absolute atomic E-state index is 0.145. The molecule has 0 saturated carbocycles. The number of methoxy groups -OCH3 is 1. The van der Waals surface area contributed by atoms with E-state index in [0.717, 1.165) is 13.0 Å². The summed E-state index contributed by atoms with van der Waals surface area (Å²) in [4.78, 5) is 14.8. The number of hydrogen-bond acceptors (Lipinski definition) is 4. The Morgan fingerprint density at radius 2 is 2.53 bits per heavy atom. The van der Waals surface area contributed by atoms with Gasteiger partial charge in [-0.15, -0.1) is 0 Å². The molecule has 1 heterocycles. The molecule has 0 spiro atoms. The molecular formula is C10H14N3O2. The van der Waals surface area contributed by atoms with Crippen LogP contribution in [-0.2, 0) is 4.74 Å². The highest BCUT2D eigenvalue weighted by molar-refractivity contribution is 5.90. The first-order valence-corrected chi connectivity index (χ1v) is 4.65. The van der Waals surface area contributed by atoms with Crippen molar-refractivity contribution in [3.8, 4) is 0 Å². The summed E-state index contributed by atoms with van der Waals surface area (Å²) in [7, 11) is 1.65. The van der Waals surface area contributed by atoms with Crippen LogP contribution in [-0.4, -0.2) is 31.2 Å². The molecule has 0 aromatic carbocycles. The number of pyridine rings is 1. The fraction of sp³-hybridized carbons (Fsp3) is 0.400. The molecule has 1 aromatic heterocycles. The third-order valence-electron chi connectivity index (χ3n) is 1.76. The number of rotatable bonds is 6. The summed E-state index contributed by atoms with van der Waals surface area (Å²) >= 11 is 0. The summed E-state index contributed by atoms with van der Waals surface area (Å²) in [6.07, 6.45) is 0.878. The van der Waals surface area contributed by atoms with Crippen LogP contribution >= 0.6 is 0 Å². The first-order valence-electron chi connectivity index (χ1n) is 4.65. The van der Waals surface area contributed by atoms with Crippen molar-refractivity contribution in [3.63, 3.8) is 0 Å². The van der Waals surface area contributed by atoms with E-state index < -0.39 is 5.91 Å². The van der Waals surface area contributed by atoms with Crippen LogP contribution in [0.5, 0.6) is 0 Å². The molecular weight excluding hydrogens is 194 g/mol. The number of nitrogens with two attached hydrogens (primary N) is 1. The van der Waals surface area contributed by atoms with Gasteiger partial charge < -0.3 is 15.8 Å². The van der Waals surface area contributed by atoms with E-state index in [2.05, 4.69) is 16.4 Å². The molecule has 0 aliphatic heterocycles. The standard InChI is InChI=1S/C10H14N3O2/c1-15-7-3-6-12-9-5-2-4-8(13-9)10(11)14/h2,5H,3,6-7H2,1H3,(H2,11,14)(H,12,13). The Kier molecular flexibility index (Phi) is 4.56. The molecule has 0 saturated heterocycles. The van der Waals surface area contributed by atoms with Gasteiger partial charge in [-0.25, -0.2) is 4.98 Å². The van der Waals surface area contributed by atoms with Crippen LogP contribution in [0.3, 0.4) is 0 Å². The smallest absolute Gasteiger partial charge is 0.268 e. The third kappa shape index (κ3) is 3.95. The van der Waals surface area contributed by atoms with Crippen LogP contribution in [0.1, 0.15) is 16.9 Å². The summed E-state index contributed by atoms with van der Waals surface area (Å²) < 4.78 is 4.90. The van der Waals surface area contributed by atoms with E-state index in [1.807, 2.05) is 0 Å². The maximum Gasteiger partial charge on any atom is 0.268 e. The Balaban J connectivity index is 2.47. The van der Waals surface area contributed by atoms with E-state index in [9.17, 15) is 4.79 Å². The molecule has 1 aromatic rings. The Hall–Kier alpha value is -1.62. The lowest BCUT2D eigenvalue weighted by Gasteiger charge is -2.05. The average Bonchev–Trinajstić information content (AvgIpc) is 2.25. The predicted octanol–water partition coefficient (Wildman–Crippen LogP) is 0.429. The van der Waals surface area contributed by atoms with Crippen LogP contribution in [0.2, 0.25) is 0 Å². The van der Waals surface area contributed by atoms with E-state index in [4.69, 9.17) is 10.5 Å². The van der Waals surface area contributed by atoms with Crippen LogP contribution < -0.4 is 11.1 Å². The summed E-state index contributed by atoms with van der Waals surface area (Å²) in [5.41, 5.74) is 5.22. The Bertz CT molecular complexity index is 328. The highest BCUT2D eigenvalue weighted by atomic mass is 16.5. The summed E-state index contributed by atoms with van der Waals surface area (Å²) in [5, 5.41) is 3.06. The molecule has 5 heteroatoms. The fourth-order valence-corrected chi connectivity index (χ4v) is 1.05. The topological polar surface area (TPSA) is 77.2 Å². The maximum atomic E-state index is 10.8. The van der Waals surface area contributed by atoms with Gasteiger partial charge in [-0.3, -0.25) is 4.79 Å². The first-order chi connectivity index (χ1) is 7.24. The molecule has 0 bridgehead atoms. The van der Waals surface area contributed by atoms with Gasteiger partial charge in [0.25, 0.3) is 5.91 Å².